The molecule has 2 N–H and O–H groups in total. The molecule has 2 bridgehead atoms. The lowest BCUT2D eigenvalue weighted by atomic mass is 9.95. The van der Waals surface area contributed by atoms with Gasteiger partial charge in [0.25, 0.3) is 0 Å². The summed E-state index contributed by atoms with van der Waals surface area (Å²) in [7, 11) is 0. The fraction of sp³-hybridized carbons (Fsp3) is 0.727. The number of aromatic nitrogens is 3. The van der Waals surface area contributed by atoms with Crippen molar-refractivity contribution in [1.29, 1.82) is 0 Å². The smallest absolute Gasteiger partial charge is 0.230 e. The van der Waals surface area contributed by atoms with Crippen LogP contribution >= 0.6 is 11.8 Å². The van der Waals surface area contributed by atoms with Crippen LogP contribution in [-0.2, 0) is 4.79 Å². The molecule has 0 aliphatic heterocycles. The summed E-state index contributed by atoms with van der Waals surface area (Å²) in [5, 5.41) is 10.3. The van der Waals surface area contributed by atoms with Crippen molar-refractivity contribution in [3.05, 3.63) is 6.33 Å². The lowest BCUT2D eigenvalue weighted by molar-refractivity contribution is -0.119. The van der Waals surface area contributed by atoms with Gasteiger partial charge in [-0.1, -0.05) is 18.2 Å². The van der Waals surface area contributed by atoms with Gasteiger partial charge in [0.05, 0.1) is 5.75 Å². The Hall–Kier alpha value is -1.04. The quantitative estimate of drug-likeness (QED) is 0.790. The van der Waals surface area contributed by atoms with Crippen molar-refractivity contribution < 1.29 is 4.79 Å². The third-order valence-electron chi connectivity index (χ3n) is 3.82. The fourth-order valence-corrected chi connectivity index (χ4v) is 3.66. The van der Waals surface area contributed by atoms with Gasteiger partial charge in [-0.25, -0.2) is 4.98 Å². The van der Waals surface area contributed by atoms with E-state index in [0.717, 1.165) is 11.8 Å². The minimum absolute atomic E-state index is 0.115. The van der Waals surface area contributed by atoms with E-state index in [0.29, 0.717) is 17.0 Å². The molecule has 1 aromatic rings. The van der Waals surface area contributed by atoms with E-state index in [1.165, 1.54) is 43.8 Å². The number of nitrogens with zero attached hydrogens (tertiary/aromatic N) is 2. The van der Waals surface area contributed by atoms with E-state index in [-0.39, 0.29) is 5.91 Å². The molecule has 17 heavy (non-hydrogen) atoms. The maximum Gasteiger partial charge on any atom is 0.230 e. The summed E-state index contributed by atoms with van der Waals surface area (Å²) in [5.74, 6) is 2.14. The Morgan fingerprint density at radius 1 is 1.53 bits per heavy atom. The van der Waals surface area contributed by atoms with Crippen LogP contribution < -0.4 is 5.32 Å². The molecule has 2 aliphatic rings. The Labute approximate surface area is 104 Å². The van der Waals surface area contributed by atoms with Crippen molar-refractivity contribution >= 4 is 17.7 Å². The molecule has 0 saturated heterocycles. The first kappa shape index (κ1) is 11.1. The molecule has 0 spiro atoms. The van der Waals surface area contributed by atoms with Crippen molar-refractivity contribution in [3.63, 3.8) is 0 Å². The molecule has 0 aromatic carbocycles. The number of fused-ring (bicyclic) bond motifs is 2. The number of aromatic amines is 1. The largest absolute Gasteiger partial charge is 0.352 e. The number of hydrogen-bond acceptors (Lipinski definition) is 4. The van der Waals surface area contributed by atoms with E-state index in [9.17, 15) is 4.79 Å². The van der Waals surface area contributed by atoms with Crippen molar-refractivity contribution in [2.75, 3.05) is 5.75 Å². The number of hydrogen-bond donors (Lipinski definition) is 2. The molecule has 2 fully saturated rings. The van der Waals surface area contributed by atoms with E-state index < -0.39 is 0 Å². The van der Waals surface area contributed by atoms with Gasteiger partial charge in [0.2, 0.25) is 5.91 Å². The number of carbonyl (C=O) groups is 1. The van der Waals surface area contributed by atoms with Crippen LogP contribution in [0.5, 0.6) is 0 Å². The molecule has 1 amide bonds. The maximum atomic E-state index is 11.8. The van der Waals surface area contributed by atoms with E-state index in [2.05, 4.69) is 20.5 Å². The number of nitrogens with one attached hydrogen (secondary N) is 2. The number of carbonyl (C=O) groups excluding carboxylic acids is 1. The van der Waals surface area contributed by atoms with Crippen molar-refractivity contribution in [2.24, 2.45) is 11.8 Å². The zero-order chi connectivity index (χ0) is 11.7. The van der Waals surface area contributed by atoms with Crippen LogP contribution in [0.3, 0.4) is 0 Å². The highest BCUT2D eigenvalue weighted by Crippen LogP contribution is 2.44. The molecule has 92 valence electrons. The number of amides is 1. The molecular weight excluding hydrogens is 236 g/mol. The molecule has 0 unspecified atom stereocenters. The average molecular weight is 252 g/mol. The van der Waals surface area contributed by atoms with Gasteiger partial charge >= 0.3 is 0 Å². The van der Waals surface area contributed by atoms with E-state index >= 15 is 0 Å². The Balaban J connectivity index is 1.44. The first-order valence-corrected chi connectivity index (χ1v) is 7.07. The molecule has 1 aromatic heterocycles. The van der Waals surface area contributed by atoms with Crippen LogP contribution in [-0.4, -0.2) is 32.9 Å². The zero-order valence-corrected chi connectivity index (χ0v) is 10.4. The van der Waals surface area contributed by atoms with Crippen LogP contribution in [0.4, 0.5) is 0 Å². The zero-order valence-electron chi connectivity index (χ0n) is 9.56. The second-order valence-corrected chi connectivity index (χ2v) is 5.89. The van der Waals surface area contributed by atoms with Gasteiger partial charge < -0.3 is 5.32 Å². The summed E-state index contributed by atoms with van der Waals surface area (Å²) in [4.78, 5) is 15.8. The second kappa shape index (κ2) is 4.68. The Morgan fingerprint density at radius 2 is 2.47 bits per heavy atom. The SMILES string of the molecule is O=C(CSc1ncn[nH]1)N[C@H]1C[C@H]2CC[C@H]1C2. The standard InChI is InChI=1S/C11H16N4OS/c16-10(5-17-11-12-6-13-15-11)14-9-4-7-1-2-8(9)3-7/h6-9H,1-5H2,(H,14,16)(H,12,13,15)/t7-,8-,9-/m0/s1. The number of thioether (sulfide) groups is 1. The van der Waals surface area contributed by atoms with E-state index in [1.807, 2.05) is 0 Å². The summed E-state index contributed by atoms with van der Waals surface area (Å²) in [5.41, 5.74) is 0. The number of rotatable bonds is 4. The Morgan fingerprint density at radius 3 is 3.12 bits per heavy atom. The third-order valence-corrected chi connectivity index (χ3v) is 4.69. The van der Waals surface area contributed by atoms with Crippen molar-refractivity contribution in [3.8, 4) is 0 Å². The monoisotopic (exact) mass is 252 g/mol. The summed E-state index contributed by atoms with van der Waals surface area (Å²) >= 11 is 1.40. The van der Waals surface area contributed by atoms with Crippen LogP contribution in [0.2, 0.25) is 0 Å². The molecule has 0 radical (unpaired) electrons. The molecule has 2 saturated carbocycles. The molecular formula is C11H16N4OS. The minimum atomic E-state index is 0.115. The molecule has 5 nitrogen and oxygen atoms in total. The highest BCUT2D eigenvalue weighted by atomic mass is 32.2. The second-order valence-electron chi connectivity index (χ2n) is 4.93. The molecule has 3 atom stereocenters. The highest BCUT2D eigenvalue weighted by Gasteiger charge is 2.39. The first-order chi connectivity index (χ1) is 8.31. The predicted molar refractivity (Wildman–Crippen MR) is 64.5 cm³/mol. The van der Waals surface area contributed by atoms with Gasteiger partial charge in [0.1, 0.15) is 6.33 Å². The minimum Gasteiger partial charge on any atom is -0.352 e. The Bertz CT molecular complexity index is 394. The average Bonchev–Trinajstić information content (AvgIpc) is 3.03. The van der Waals surface area contributed by atoms with Gasteiger partial charge in [-0.2, -0.15) is 5.10 Å². The maximum absolute atomic E-state index is 11.8. The van der Waals surface area contributed by atoms with Crippen molar-refractivity contribution in [2.45, 2.75) is 36.9 Å². The van der Waals surface area contributed by atoms with Gasteiger partial charge in [0, 0.05) is 6.04 Å². The molecule has 6 heteroatoms. The summed E-state index contributed by atoms with van der Waals surface area (Å²) in [6.07, 6.45) is 6.62. The lowest BCUT2D eigenvalue weighted by Crippen LogP contribution is -2.39. The van der Waals surface area contributed by atoms with Gasteiger partial charge in [-0.15, -0.1) is 0 Å². The topological polar surface area (TPSA) is 70.7 Å². The molecule has 2 aliphatic carbocycles. The van der Waals surface area contributed by atoms with Crippen LogP contribution in [0, 0.1) is 11.8 Å². The highest BCUT2D eigenvalue weighted by molar-refractivity contribution is 7.99. The van der Waals surface area contributed by atoms with E-state index in [1.54, 1.807) is 0 Å². The van der Waals surface area contributed by atoms with Gasteiger partial charge in [-0.3, -0.25) is 9.89 Å². The molecule has 3 rings (SSSR count). The number of H-pyrrole nitrogens is 1. The fourth-order valence-electron chi connectivity index (χ4n) is 3.07. The van der Waals surface area contributed by atoms with Crippen LogP contribution in [0.15, 0.2) is 11.5 Å². The normalized spacial score (nSPS) is 30.7. The van der Waals surface area contributed by atoms with Gasteiger partial charge in [0.15, 0.2) is 5.16 Å². The van der Waals surface area contributed by atoms with Crippen molar-refractivity contribution in [1.82, 2.24) is 20.5 Å². The van der Waals surface area contributed by atoms with Crippen LogP contribution in [0.1, 0.15) is 25.7 Å². The first-order valence-electron chi connectivity index (χ1n) is 6.09. The molecule has 1 heterocycles. The summed E-state index contributed by atoms with van der Waals surface area (Å²) in [6, 6.07) is 0.427. The third kappa shape index (κ3) is 2.46. The predicted octanol–water partition coefficient (Wildman–Crippen LogP) is 1.20. The Kier molecular flexibility index (Phi) is 3.05. The van der Waals surface area contributed by atoms with Crippen LogP contribution in [0.25, 0.3) is 0 Å². The lowest BCUT2D eigenvalue weighted by Gasteiger charge is -2.22. The summed E-state index contributed by atoms with van der Waals surface area (Å²) in [6.45, 7) is 0. The summed E-state index contributed by atoms with van der Waals surface area (Å²) < 4.78 is 0. The van der Waals surface area contributed by atoms with E-state index in [4.69, 9.17) is 0 Å². The van der Waals surface area contributed by atoms with Gasteiger partial charge in [-0.05, 0) is 31.1 Å².